The number of hydrogen-bond acceptors (Lipinski definition) is 3. The highest BCUT2D eigenvalue weighted by Gasteiger charge is 2.01. The van der Waals surface area contributed by atoms with Gasteiger partial charge >= 0.3 is 0 Å². The molecule has 2 rings (SSSR count). The quantitative estimate of drug-likeness (QED) is 0.917. The Labute approximate surface area is 121 Å². The average molecular weight is 284 g/mol. The van der Waals surface area contributed by atoms with Gasteiger partial charge in [0.1, 0.15) is 23.7 Å². The van der Waals surface area contributed by atoms with E-state index in [9.17, 15) is 9.18 Å². The largest absolute Gasteiger partial charge is 0.457 e. The standard InChI is InChI=1S/C16H13FN2O2/c17-13-3-7-15(8-4-13)21-14-5-1-12(2-6-14)11-19-16(20)9-10-18/h1-8H,9,11H2,(H,19,20). The number of benzene rings is 2. The monoisotopic (exact) mass is 284 g/mol. The molecule has 4 nitrogen and oxygen atoms in total. The summed E-state index contributed by atoms with van der Waals surface area (Å²) in [6.45, 7) is 0.358. The van der Waals surface area contributed by atoms with Crippen LogP contribution in [0.3, 0.4) is 0 Å². The Balaban J connectivity index is 1.91. The lowest BCUT2D eigenvalue weighted by atomic mass is 10.2. The van der Waals surface area contributed by atoms with Crippen LogP contribution in [0.5, 0.6) is 11.5 Å². The van der Waals surface area contributed by atoms with Gasteiger partial charge in [0.2, 0.25) is 5.91 Å². The molecule has 2 aromatic rings. The SMILES string of the molecule is N#CCC(=O)NCc1ccc(Oc2ccc(F)cc2)cc1. The first kappa shape index (κ1) is 14.5. The van der Waals surface area contributed by atoms with E-state index >= 15 is 0 Å². The molecule has 0 aliphatic rings. The Morgan fingerprint density at radius 1 is 1.10 bits per heavy atom. The summed E-state index contributed by atoms with van der Waals surface area (Å²) in [5.74, 6) is 0.551. The number of amides is 1. The molecule has 1 amide bonds. The fraction of sp³-hybridized carbons (Fsp3) is 0.125. The number of carbonyl (C=O) groups excluding carboxylic acids is 1. The highest BCUT2D eigenvalue weighted by Crippen LogP contribution is 2.21. The molecule has 0 saturated carbocycles. The van der Waals surface area contributed by atoms with Crippen LogP contribution < -0.4 is 10.1 Å². The molecule has 0 spiro atoms. The second-order valence-corrected chi connectivity index (χ2v) is 4.31. The van der Waals surface area contributed by atoms with Crippen molar-refractivity contribution in [2.75, 3.05) is 0 Å². The minimum absolute atomic E-state index is 0.147. The number of hydrogen-bond donors (Lipinski definition) is 1. The Kier molecular flexibility index (Phi) is 4.89. The van der Waals surface area contributed by atoms with Gasteiger partial charge in [-0.05, 0) is 42.0 Å². The van der Waals surface area contributed by atoms with E-state index in [1.54, 1.807) is 30.3 Å². The molecule has 1 N–H and O–H groups in total. The number of nitrogens with one attached hydrogen (secondary N) is 1. The van der Waals surface area contributed by atoms with Crippen molar-refractivity contribution in [3.63, 3.8) is 0 Å². The third-order valence-corrected chi connectivity index (χ3v) is 2.70. The van der Waals surface area contributed by atoms with Gasteiger partial charge in [-0.2, -0.15) is 5.26 Å². The third kappa shape index (κ3) is 4.62. The fourth-order valence-electron chi connectivity index (χ4n) is 1.65. The normalized spacial score (nSPS) is 9.71. The highest BCUT2D eigenvalue weighted by molar-refractivity contribution is 5.77. The molecular weight excluding hydrogens is 271 g/mol. The maximum atomic E-state index is 12.8. The highest BCUT2D eigenvalue weighted by atomic mass is 19.1. The Morgan fingerprint density at radius 2 is 1.67 bits per heavy atom. The van der Waals surface area contributed by atoms with Gasteiger partial charge in [0.15, 0.2) is 0 Å². The van der Waals surface area contributed by atoms with Crippen LogP contribution in [0.2, 0.25) is 0 Å². The minimum Gasteiger partial charge on any atom is -0.457 e. The number of nitriles is 1. The molecule has 0 unspecified atom stereocenters. The van der Waals surface area contributed by atoms with Crippen LogP contribution >= 0.6 is 0 Å². The zero-order chi connectivity index (χ0) is 15.1. The van der Waals surface area contributed by atoms with Gasteiger partial charge < -0.3 is 10.1 Å². The predicted molar refractivity (Wildman–Crippen MR) is 75.0 cm³/mol. The Morgan fingerprint density at radius 3 is 2.24 bits per heavy atom. The van der Waals surface area contributed by atoms with Crippen LogP contribution in [0.1, 0.15) is 12.0 Å². The number of nitrogens with zero attached hydrogens (tertiary/aromatic N) is 1. The molecule has 2 aromatic carbocycles. The van der Waals surface area contributed by atoms with Crippen molar-refractivity contribution in [3.8, 4) is 17.6 Å². The number of halogens is 1. The summed E-state index contributed by atoms with van der Waals surface area (Å²) < 4.78 is 18.3. The molecule has 0 atom stereocenters. The van der Waals surface area contributed by atoms with Crippen LogP contribution in [0.4, 0.5) is 4.39 Å². The van der Waals surface area contributed by atoms with Gasteiger partial charge in [0, 0.05) is 6.54 Å². The van der Waals surface area contributed by atoms with E-state index in [0.29, 0.717) is 18.0 Å². The minimum atomic E-state index is -0.314. The molecule has 21 heavy (non-hydrogen) atoms. The van der Waals surface area contributed by atoms with Crippen molar-refractivity contribution in [2.45, 2.75) is 13.0 Å². The molecule has 106 valence electrons. The van der Waals surface area contributed by atoms with Crippen LogP contribution in [-0.4, -0.2) is 5.91 Å². The number of carbonyl (C=O) groups is 1. The molecule has 0 aliphatic carbocycles. The van der Waals surface area contributed by atoms with E-state index in [2.05, 4.69) is 5.32 Å². The zero-order valence-electron chi connectivity index (χ0n) is 11.2. The maximum absolute atomic E-state index is 12.8. The van der Waals surface area contributed by atoms with Crippen molar-refractivity contribution < 1.29 is 13.9 Å². The predicted octanol–water partition coefficient (Wildman–Crippen LogP) is 3.15. The van der Waals surface area contributed by atoms with E-state index < -0.39 is 0 Å². The molecule has 0 bridgehead atoms. The van der Waals surface area contributed by atoms with Crippen LogP contribution in [0.25, 0.3) is 0 Å². The molecule has 5 heteroatoms. The van der Waals surface area contributed by atoms with Gasteiger partial charge in [0.25, 0.3) is 0 Å². The van der Waals surface area contributed by atoms with Crippen LogP contribution in [0, 0.1) is 17.1 Å². The third-order valence-electron chi connectivity index (χ3n) is 2.70. The van der Waals surface area contributed by atoms with Gasteiger partial charge in [-0.1, -0.05) is 12.1 Å². The topological polar surface area (TPSA) is 62.1 Å². The first-order chi connectivity index (χ1) is 10.2. The van der Waals surface area contributed by atoms with Crippen molar-refractivity contribution in [1.29, 1.82) is 5.26 Å². The number of rotatable bonds is 5. The van der Waals surface area contributed by atoms with E-state index in [-0.39, 0.29) is 18.1 Å². The molecule has 0 radical (unpaired) electrons. The zero-order valence-corrected chi connectivity index (χ0v) is 11.2. The van der Waals surface area contributed by atoms with E-state index in [4.69, 9.17) is 10.00 Å². The van der Waals surface area contributed by atoms with Gasteiger partial charge in [0.05, 0.1) is 6.07 Å². The molecule has 0 aromatic heterocycles. The van der Waals surface area contributed by atoms with E-state index in [1.807, 2.05) is 12.1 Å². The second kappa shape index (κ2) is 7.06. The molecular formula is C16H13FN2O2. The fourth-order valence-corrected chi connectivity index (χ4v) is 1.65. The van der Waals surface area contributed by atoms with Gasteiger partial charge in [-0.15, -0.1) is 0 Å². The summed E-state index contributed by atoms with van der Waals surface area (Å²) in [6.07, 6.45) is -0.147. The van der Waals surface area contributed by atoms with Crippen LogP contribution in [-0.2, 0) is 11.3 Å². The Bertz CT molecular complexity index is 645. The summed E-state index contributed by atoms with van der Waals surface area (Å²) in [7, 11) is 0. The molecule has 0 aliphatic heterocycles. The van der Waals surface area contributed by atoms with Crippen molar-refractivity contribution in [3.05, 3.63) is 59.9 Å². The van der Waals surface area contributed by atoms with Crippen molar-refractivity contribution in [1.82, 2.24) is 5.32 Å². The second-order valence-electron chi connectivity index (χ2n) is 4.31. The van der Waals surface area contributed by atoms with Gasteiger partial charge in [-0.3, -0.25) is 4.79 Å². The summed E-state index contributed by atoms with van der Waals surface area (Å²) >= 11 is 0. The van der Waals surface area contributed by atoms with Crippen molar-refractivity contribution >= 4 is 5.91 Å². The Hall–Kier alpha value is -2.87. The molecule has 0 heterocycles. The molecule has 0 saturated heterocycles. The first-order valence-electron chi connectivity index (χ1n) is 6.33. The van der Waals surface area contributed by atoms with Crippen molar-refractivity contribution in [2.24, 2.45) is 0 Å². The smallest absolute Gasteiger partial charge is 0.234 e. The van der Waals surface area contributed by atoms with Crippen LogP contribution in [0.15, 0.2) is 48.5 Å². The first-order valence-corrected chi connectivity index (χ1v) is 6.33. The molecule has 0 fully saturated rings. The van der Waals surface area contributed by atoms with Gasteiger partial charge in [-0.25, -0.2) is 4.39 Å². The van der Waals surface area contributed by atoms with E-state index in [1.165, 1.54) is 12.1 Å². The lowest BCUT2D eigenvalue weighted by molar-refractivity contribution is -0.120. The summed E-state index contributed by atoms with van der Waals surface area (Å²) in [4.78, 5) is 11.2. The van der Waals surface area contributed by atoms with E-state index in [0.717, 1.165) is 5.56 Å². The summed E-state index contributed by atoms with van der Waals surface area (Å²) in [5, 5.41) is 11.0. The summed E-state index contributed by atoms with van der Waals surface area (Å²) in [6, 6.07) is 14.7. The summed E-state index contributed by atoms with van der Waals surface area (Å²) in [5.41, 5.74) is 0.896. The maximum Gasteiger partial charge on any atom is 0.234 e. The number of ether oxygens (including phenoxy) is 1. The lowest BCUT2D eigenvalue weighted by Crippen LogP contribution is -2.21. The lowest BCUT2D eigenvalue weighted by Gasteiger charge is -2.07. The average Bonchev–Trinajstić information content (AvgIpc) is 2.49.